The minimum Gasteiger partial charge on any atom is -0.493 e. The van der Waals surface area contributed by atoms with E-state index < -0.39 is 11.8 Å². The van der Waals surface area contributed by atoms with Crippen molar-refractivity contribution in [1.29, 1.82) is 0 Å². The first-order chi connectivity index (χ1) is 14.5. The number of fused-ring (bicyclic) bond motifs is 1. The highest BCUT2D eigenvalue weighted by atomic mass is 16.5. The zero-order valence-electron chi connectivity index (χ0n) is 17.0. The number of carbonyl (C=O) groups is 2. The van der Waals surface area contributed by atoms with Crippen LogP contribution in [0.25, 0.3) is 11.0 Å². The lowest BCUT2D eigenvalue weighted by Crippen LogP contribution is -2.41. The van der Waals surface area contributed by atoms with Gasteiger partial charge in [0.1, 0.15) is 5.58 Å². The summed E-state index contributed by atoms with van der Waals surface area (Å²) >= 11 is 0. The van der Waals surface area contributed by atoms with E-state index in [9.17, 15) is 9.59 Å². The molecular formula is C21H22N2O7. The van der Waals surface area contributed by atoms with Crippen LogP contribution in [-0.2, 0) is 11.3 Å². The molecule has 3 aromatic rings. The van der Waals surface area contributed by atoms with Gasteiger partial charge in [-0.15, -0.1) is 0 Å². The van der Waals surface area contributed by atoms with Crippen molar-refractivity contribution in [1.82, 2.24) is 10.9 Å². The van der Waals surface area contributed by atoms with E-state index in [1.165, 1.54) is 40.6 Å². The fourth-order valence-electron chi connectivity index (χ4n) is 3.02. The Bertz CT molecular complexity index is 1050. The summed E-state index contributed by atoms with van der Waals surface area (Å²) < 4.78 is 26.6. The molecule has 2 aromatic carbocycles. The molecular weight excluding hydrogens is 392 g/mol. The number of methoxy groups -OCH3 is 4. The van der Waals surface area contributed by atoms with Gasteiger partial charge in [0.15, 0.2) is 17.3 Å². The molecule has 158 valence electrons. The summed E-state index contributed by atoms with van der Waals surface area (Å²) in [5.41, 5.74) is 6.06. The summed E-state index contributed by atoms with van der Waals surface area (Å²) in [7, 11) is 5.88. The number of para-hydroxylation sites is 1. The molecule has 0 saturated carbocycles. The molecule has 0 fully saturated rings. The number of benzene rings is 2. The van der Waals surface area contributed by atoms with Crippen LogP contribution in [0.1, 0.15) is 26.5 Å². The molecule has 0 aliphatic heterocycles. The smallest absolute Gasteiger partial charge is 0.305 e. The number of amides is 2. The van der Waals surface area contributed by atoms with Crippen molar-refractivity contribution in [3.8, 4) is 17.2 Å². The minimum absolute atomic E-state index is 0.0586. The second kappa shape index (κ2) is 9.19. The van der Waals surface area contributed by atoms with Crippen molar-refractivity contribution in [3.63, 3.8) is 0 Å². The summed E-state index contributed by atoms with van der Waals surface area (Å²) in [6, 6.07) is 10.2. The lowest BCUT2D eigenvalue weighted by Gasteiger charge is -2.14. The van der Waals surface area contributed by atoms with Crippen molar-refractivity contribution in [3.05, 3.63) is 53.3 Å². The fourth-order valence-corrected chi connectivity index (χ4v) is 3.02. The predicted molar refractivity (Wildman–Crippen MR) is 108 cm³/mol. The number of carbonyl (C=O) groups excluding carboxylic acids is 2. The molecule has 0 saturated heterocycles. The lowest BCUT2D eigenvalue weighted by atomic mass is 10.1. The summed E-state index contributed by atoms with van der Waals surface area (Å²) in [4.78, 5) is 25.2. The first-order valence-corrected chi connectivity index (χ1v) is 8.94. The van der Waals surface area contributed by atoms with Crippen LogP contribution in [0.15, 0.2) is 40.8 Å². The van der Waals surface area contributed by atoms with Crippen LogP contribution in [0, 0.1) is 0 Å². The molecule has 0 aliphatic rings. The molecule has 3 rings (SSSR count). The summed E-state index contributed by atoms with van der Waals surface area (Å²) in [6.45, 7) is 0.181. The average molecular weight is 414 g/mol. The highest BCUT2D eigenvalue weighted by molar-refractivity contribution is 6.01. The molecule has 0 bridgehead atoms. The number of ether oxygens (including phenoxy) is 4. The van der Waals surface area contributed by atoms with E-state index in [2.05, 4.69) is 10.9 Å². The third-order valence-corrected chi connectivity index (χ3v) is 4.41. The van der Waals surface area contributed by atoms with E-state index in [-0.39, 0.29) is 17.9 Å². The first-order valence-electron chi connectivity index (χ1n) is 8.94. The Balaban J connectivity index is 1.81. The molecule has 1 heterocycles. The Morgan fingerprint density at radius 3 is 2.13 bits per heavy atom. The van der Waals surface area contributed by atoms with Gasteiger partial charge in [0.25, 0.3) is 5.91 Å². The Morgan fingerprint density at radius 1 is 0.900 bits per heavy atom. The number of hydrogen-bond donors (Lipinski definition) is 2. The molecule has 2 N–H and O–H groups in total. The highest BCUT2D eigenvalue weighted by Crippen LogP contribution is 2.38. The van der Waals surface area contributed by atoms with Crippen LogP contribution in [0.5, 0.6) is 17.2 Å². The van der Waals surface area contributed by atoms with Crippen molar-refractivity contribution >= 4 is 22.8 Å². The standard InChI is InChI=1S/C21H22N2O7/c1-26-11-14-13-7-5-6-8-15(13)30-18(14)21(25)23-22-20(24)12-9-16(27-2)19(29-4)17(10-12)28-3/h5-10H,11H2,1-4H3,(H,22,24)(H,23,25). The van der Waals surface area contributed by atoms with Gasteiger partial charge in [0.2, 0.25) is 5.75 Å². The number of hydrogen-bond acceptors (Lipinski definition) is 7. The zero-order valence-corrected chi connectivity index (χ0v) is 17.0. The van der Waals surface area contributed by atoms with Crippen LogP contribution in [0.4, 0.5) is 0 Å². The topological polar surface area (TPSA) is 108 Å². The number of hydrazine groups is 1. The SMILES string of the molecule is COCc1c(C(=O)NNC(=O)c2cc(OC)c(OC)c(OC)c2)oc2ccccc12. The molecule has 2 amide bonds. The quantitative estimate of drug-likeness (QED) is 0.572. The van der Waals surface area contributed by atoms with E-state index in [4.69, 9.17) is 23.4 Å². The second-order valence-electron chi connectivity index (χ2n) is 6.16. The van der Waals surface area contributed by atoms with E-state index >= 15 is 0 Å². The lowest BCUT2D eigenvalue weighted by molar-refractivity contribution is 0.0828. The maximum Gasteiger partial charge on any atom is 0.305 e. The summed E-state index contributed by atoms with van der Waals surface area (Å²) in [5, 5.41) is 0.764. The van der Waals surface area contributed by atoms with E-state index in [1.54, 1.807) is 12.1 Å². The van der Waals surface area contributed by atoms with Crippen LogP contribution in [0.3, 0.4) is 0 Å². The van der Waals surface area contributed by atoms with Gasteiger partial charge in [-0.3, -0.25) is 20.4 Å². The summed E-state index contributed by atoms with van der Waals surface area (Å²) in [5.74, 6) is -0.151. The Labute approximate surface area is 172 Å². The van der Waals surface area contributed by atoms with Crippen LogP contribution >= 0.6 is 0 Å². The molecule has 0 unspecified atom stereocenters. The highest BCUT2D eigenvalue weighted by Gasteiger charge is 2.22. The second-order valence-corrected chi connectivity index (χ2v) is 6.16. The van der Waals surface area contributed by atoms with E-state index in [0.29, 0.717) is 28.4 Å². The van der Waals surface area contributed by atoms with Gasteiger partial charge in [-0.05, 0) is 18.2 Å². The van der Waals surface area contributed by atoms with Gasteiger partial charge in [0, 0.05) is 23.6 Å². The maximum absolute atomic E-state index is 12.6. The Kier molecular flexibility index (Phi) is 6.43. The molecule has 9 heteroatoms. The number of furan rings is 1. The van der Waals surface area contributed by atoms with Gasteiger partial charge >= 0.3 is 5.91 Å². The van der Waals surface area contributed by atoms with Crippen LogP contribution < -0.4 is 25.1 Å². The number of rotatable bonds is 7. The molecule has 1 aromatic heterocycles. The largest absolute Gasteiger partial charge is 0.493 e. The van der Waals surface area contributed by atoms with Crippen molar-refractivity contribution in [2.75, 3.05) is 28.4 Å². The van der Waals surface area contributed by atoms with Gasteiger partial charge in [-0.25, -0.2) is 0 Å². The molecule has 0 atom stereocenters. The molecule has 0 radical (unpaired) electrons. The maximum atomic E-state index is 12.6. The zero-order chi connectivity index (χ0) is 21.7. The first kappa shape index (κ1) is 21.0. The Morgan fingerprint density at radius 2 is 1.53 bits per heavy atom. The molecule has 9 nitrogen and oxygen atoms in total. The van der Waals surface area contributed by atoms with Crippen molar-refractivity contribution in [2.45, 2.75) is 6.61 Å². The van der Waals surface area contributed by atoms with Crippen LogP contribution in [0.2, 0.25) is 0 Å². The molecule has 0 aliphatic carbocycles. The van der Waals surface area contributed by atoms with Crippen LogP contribution in [-0.4, -0.2) is 40.3 Å². The third kappa shape index (κ3) is 4.01. The fraction of sp³-hybridized carbons (Fsp3) is 0.238. The average Bonchev–Trinajstić information content (AvgIpc) is 3.15. The van der Waals surface area contributed by atoms with Crippen molar-refractivity contribution < 1.29 is 33.0 Å². The predicted octanol–water partition coefficient (Wildman–Crippen LogP) is 2.68. The van der Waals surface area contributed by atoms with Gasteiger partial charge in [0.05, 0.1) is 27.9 Å². The van der Waals surface area contributed by atoms with Crippen molar-refractivity contribution in [2.24, 2.45) is 0 Å². The molecule has 30 heavy (non-hydrogen) atoms. The van der Waals surface area contributed by atoms with Gasteiger partial charge in [-0.1, -0.05) is 18.2 Å². The van der Waals surface area contributed by atoms with Gasteiger partial charge < -0.3 is 23.4 Å². The minimum atomic E-state index is -0.612. The molecule has 0 spiro atoms. The van der Waals surface area contributed by atoms with Gasteiger partial charge in [-0.2, -0.15) is 0 Å². The Hall–Kier alpha value is -3.72. The normalized spacial score (nSPS) is 10.5. The third-order valence-electron chi connectivity index (χ3n) is 4.41. The van der Waals surface area contributed by atoms with E-state index in [0.717, 1.165) is 5.39 Å². The summed E-state index contributed by atoms with van der Waals surface area (Å²) in [6.07, 6.45) is 0. The van der Waals surface area contributed by atoms with E-state index in [1.807, 2.05) is 12.1 Å². The monoisotopic (exact) mass is 414 g/mol. The number of nitrogens with one attached hydrogen (secondary N) is 2.